The summed E-state index contributed by atoms with van der Waals surface area (Å²) in [7, 11) is 0. The molecule has 2 rings (SSSR count). The van der Waals surface area contributed by atoms with Gasteiger partial charge in [0, 0.05) is 18.2 Å². The van der Waals surface area contributed by atoms with Crippen molar-refractivity contribution in [3.05, 3.63) is 34.9 Å². The molecule has 1 aliphatic carbocycles. The van der Waals surface area contributed by atoms with Gasteiger partial charge in [0.15, 0.2) is 5.78 Å². The van der Waals surface area contributed by atoms with Gasteiger partial charge in [-0.25, -0.2) is 0 Å². The van der Waals surface area contributed by atoms with Crippen molar-refractivity contribution in [2.24, 2.45) is 5.92 Å². The summed E-state index contributed by atoms with van der Waals surface area (Å²) >= 11 is 5.66. The van der Waals surface area contributed by atoms with E-state index in [9.17, 15) is 9.59 Å². The van der Waals surface area contributed by atoms with Crippen LogP contribution in [0, 0.1) is 19.8 Å². The number of rotatable bonds is 4. The van der Waals surface area contributed by atoms with Gasteiger partial charge in [0.25, 0.3) is 0 Å². The molecule has 2 unspecified atom stereocenters. The summed E-state index contributed by atoms with van der Waals surface area (Å²) in [6.07, 6.45) is 1.91. The average molecular weight is 279 g/mol. The minimum Gasteiger partial charge on any atom is -0.298 e. The third-order valence-corrected chi connectivity index (χ3v) is 4.15. The van der Waals surface area contributed by atoms with Crippen LogP contribution in [0.25, 0.3) is 0 Å². The van der Waals surface area contributed by atoms with Crippen LogP contribution in [-0.4, -0.2) is 17.4 Å². The largest absolute Gasteiger partial charge is 0.298 e. The molecule has 19 heavy (non-hydrogen) atoms. The Balaban J connectivity index is 2.25. The van der Waals surface area contributed by atoms with Crippen LogP contribution in [0.1, 0.15) is 41.9 Å². The molecule has 102 valence electrons. The number of aryl methyl sites for hydroxylation is 2. The second-order valence-electron chi connectivity index (χ2n) is 5.39. The maximum atomic E-state index is 12.4. The minimum absolute atomic E-state index is 0.0662. The fraction of sp³-hybridized carbons (Fsp3) is 0.500. The van der Waals surface area contributed by atoms with E-state index in [0.717, 1.165) is 29.5 Å². The van der Waals surface area contributed by atoms with E-state index in [1.165, 1.54) is 0 Å². The molecule has 0 amide bonds. The van der Waals surface area contributed by atoms with Gasteiger partial charge in [-0.3, -0.25) is 9.59 Å². The summed E-state index contributed by atoms with van der Waals surface area (Å²) in [4.78, 5) is 24.5. The standard InChI is InChI=1S/C16H19ClO2/c1-10-5-6-13(11(2)8-10)15-14(18)9-12(16(15)19)4-3-7-17/h5-6,8,12,15H,3-4,7,9H2,1-2H3. The lowest BCUT2D eigenvalue weighted by atomic mass is 9.89. The predicted molar refractivity (Wildman–Crippen MR) is 76.7 cm³/mol. The molecule has 0 aliphatic heterocycles. The highest BCUT2D eigenvalue weighted by Gasteiger charge is 2.41. The van der Waals surface area contributed by atoms with Gasteiger partial charge in [-0.05, 0) is 37.8 Å². The van der Waals surface area contributed by atoms with E-state index in [2.05, 4.69) is 0 Å². The number of ketones is 2. The van der Waals surface area contributed by atoms with Crippen LogP contribution < -0.4 is 0 Å². The Hall–Kier alpha value is -1.15. The Labute approximate surface area is 119 Å². The smallest absolute Gasteiger partial charge is 0.151 e. The lowest BCUT2D eigenvalue weighted by Crippen LogP contribution is -2.16. The van der Waals surface area contributed by atoms with Gasteiger partial charge in [-0.15, -0.1) is 11.6 Å². The van der Waals surface area contributed by atoms with E-state index in [4.69, 9.17) is 11.6 Å². The maximum Gasteiger partial charge on any atom is 0.151 e. The van der Waals surface area contributed by atoms with Crippen molar-refractivity contribution in [3.8, 4) is 0 Å². The predicted octanol–water partition coefficient (Wildman–Crippen LogP) is 3.56. The van der Waals surface area contributed by atoms with Crippen LogP contribution >= 0.6 is 11.6 Å². The first-order chi connectivity index (χ1) is 9.04. The third kappa shape index (κ3) is 2.89. The highest BCUT2D eigenvalue weighted by atomic mass is 35.5. The van der Waals surface area contributed by atoms with Crippen molar-refractivity contribution < 1.29 is 9.59 Å². The quantitative estimate of drug-likeness (QED) is 0.623. The molecule has 0 spiro atoms. The molecule has 1 aliphatic rings. The molecule has 2 atom stereocenters. The Morgan fingerprint density at radius 2 is 2.00 bits per heavy atom. The molecule has 1 aromatic rings. The zero-order valence-electron chi connectivity index (χ0n) is 11.4. The van der Waals surface area contributed by atoms with Crippen molar-refractivity contribution in [1.82, 2.24) is 0 Å². The van der Waals surface area contributed by atoms with Crippen LogP contribution in [0.5, 0.6) is 0 Å². The van der Waals surface area contributed by atoms with Gasteiger partial charge in [-0.2, -0.15) is 0 Å². The Kier molecular flexibility index (Phi) is 4.41. The number of carbonyl (C=O) groups excluding carboxylic acids is 2. The van der Waals surface area contributed by atoms with Crippen LogP contribution in [0.2, 0.25) is 0 Å². The second kappa shape index (κ2) is 5.87. The first kappa shape index (κ1) is 14.3. The van der Waals surface area contributed by atoms with Crippen LogP contribution in [0.15, 0.2) is 18.2 Å². The van der Waals surface area contributed by atoms with Crippen LogP contribution in [0.4, 0.5) is 0 Å². The minimum atomic E-state index is -0.541. The van der Waals surface area contributed by atoms with Crippen LogP contribution in [-0.2, 0) is 9.59 Å². The van der Waals surface area contributed by atoms with Gasteiger partial charge >= 0.3 is 0 Å². The summed E-state index contributed by atoms with van der Waals surface area (Å²) in [5, 5.41) is 0. The molecule has 0 radical (unpaired) electrons. The first-order valence-corrected chi connectivity index (χ1v) is 7.27. The number of Topliss-reactive ketones (excluding diaryl/α,β-unsaturated/α-hetero) is 2. The molecule has 1 saturated carbocycles. The summed E-state index contributed by atoms with van der Waals surface area (Å²) in [5.41, 5.74) is 3.07. The summed E-state index contributed by atoms with van der Waals surface area (Å²) in [6.45, 7) is 3.98. The SMILES string of the molecule is Cc1ccc(C2C(=O)CC(CCCCl)C2=O)c(C)c1. The van der Waals surface area contributed by atoms with E-state index in [-0.39, 0.29) is 17.5 Å². The Morgan fingerprint density at radius 1 is 1.26 bits per heavy atom. The van der Waals surface area contributed by atoms with E-state index in [0.29, 0.717) is 12.3 Å². The molecule has 0 N–H and O–H groups in total. The Morgan fingerprint density at radius 3 is 2.63 bits per heavy atom. The average Bonchev–Trinajstić information content (AvgIpc) is 2.63. The molecule has 1 fully saturated rings. The third-order valence-electron chi connectivity index (χ3n) is 3.88. The lowest BCUT2D eigenvalue weighted by Gasteiger charge is -2.12. The van der Waals surface area contributed by atoms with Gasteiger partial charge in [0.1, 0.15) is 11.7 Å². The zero-order valence-corrected chi connectivity index (χ0v) is 12.2. The molecular weight excluding hydrogens is 260 g/mol. The molecule has 0 bridgehead atoms. The molecule has 0 aromatic heterocycles. The molecular formula is C16H19ClO2. The summed E-state index contributed by atoms with van der Waals surface area (Å²) < 4.78 is 0. The van der Waals surface area contributed by atoms with Crippen LogP contribution in [0.3, 0.4) is 0 Å². The molecule has 3 heteroatoms. The fourth-order valence-corrected chi connectivity index (χ4v) is 3.05. The number of alkyl halides is 1. The number of hydrogen-bond acceptors (Lipinski definition) is 2. The summed E-state index contributed by atoms with van der Waals surface area (Å²) in [5.74, 6) is 0.0307. The highest BCUT2D eigenvalue weighted by molar-refractivity contribution is 6.18. The number of carbonyl (C=O) groups is 2. The van der Waals surface area contributed by atoms with Gasteiger partial charge in [0.05, 0.1) is 0 Å². The van der Waals surface area contributed by atoms with Crippen molar-refractivity contribution in [2.45, 2.75) is 39.0 Å². The second-order valence-corrected chi connectivity index (χ2v) is 5.77. The van der Waals surface area contributed by atoms with Crippen molar-refractivity contribution in [3.63, 3.8) is 0 Å². The number of halogens is 1. The molecule has 0 heterocycles. The molecule has 0 saturated heterocycles. The lowest BCUT2D eigenvalue weighted by molar-refractivity contribution is -0.124. The van der Waals surface area contributed by atoms with Crippen molar-refractivity contribution >= 4 is 23.2 Å². The summed E-state index contributed by atoms with van der Waals surface area (Å²) in [6, 6.07) is 5.92. The van der Waals surface area contributed by atoms with Crippen molar-refractivity contribution in [2.75, 3.05) is 5.88 Å². The zero-order chi connectivity index (χ0) is 14.0. The first-order valence-electron chi connectivity index (χ1n) is 6.74. The van der Waals surface area contributed by atoms with E-state index < -0.39 is 5.92 Å². The normalized spacial score (nSPS) is 23.1. The van der Waals surface area contributed by atoms with E-state index in [1.807, 2.05) is 32.0 Å². The topological polar surface area (TPSA) is 34.1 Å². The molecule has 2 nitrogen and oxygen atoms in total. The number of benzene rings is 1. The molecule has 1 aromatic carbocycles. The van der Waals surface area contributed by atoms with Gasteiger partial charge in [0.2, 0.25) is 0 Å². The van der Waals surface area contributed by atoms with Crippen molar-refractivity contribution in [1.29, 1.82) is 0 Å². The maximum absolute atomic E-state index is 12.4. The fourth-order valence-electron chi connectivity index (χ4n) is 2.90. The van der Waals surface area contributed by atoms with Gasteiger partial charge < -0.3 is 0 Å². The number of hydrogen-bond donors (Lipinski definition) is 0. The van der Waals surface area contributed by atoms with E-state index in [1.54, 1.807) is 0 Å². The van der Waals surface area contributed by atoms with Gasteiger partial charge in [-0.1, -0.05) is 23.8 Å². The monoisotopic (exact) mass is 278 g/mol. The Bertz CT molecular complexity index is 507. The highest BCUT2D eigenvalue weighted by Crippen LogP contribution is 2.36. The van der Waals surface area contributed by atoms with E-state index >= 15 is 0 Å².